The Bertz CT molecular complexity index is 819. The molecule has 0 amide bonds. The van der Waals surface area contributed by atoms with Gasteiger partial charge in [-0.05, 0) is 6.92 Å². The number of hydrogen-bond donors (Lipinski definition) is 3. The Morgan fingerprint density at radius 1 is 1.42 bits per heavy atom. The van der Waals surface area contributed by atoms with Gasteiger partial charge in [-0.2, -0.15) is 4.98 Å². The fraction of sp³-hybridized carbons (Fsp3) is 0.615. The summed E-state index contributed by atoms with van der Waals surface area (Å²) in [5.74, 6) is -0.0331. The lowest BCUT2D eigenvalue weighted by atomic mass is 10.1. The number of aliphatic hydroxyl groups is 1. The van der Waals surface area contributed by atoms with Crippen molar-refractivity contribution < 1.29 is 24.1 Å². The molecule has 4 rings (SSSR count). The number of aromatic nitrogens is 4. The number of fused-ring (bicyclic) bond motifs is 2. The number of nitrogens with two attached hydrogens (primary N) is 1. The fourth-order valence-electron chi connectivity index (χ4n) is 3.11. The van der Waals surface area contributed by atoms with E-state index in [1.807, 2.05) is 0 Å². The smallest absolute Gasteiger partial charge is 0.280 e. The van der Waals surface area contributed by atoms with Crippen molar-refractivity contribution in [2.24, 2.45) is 0 Å². The molecule has 1 unspecified atom stereocenters. The predicted molar refractivity (Wildman–Crippen MR) is 78.7 cm³/mol. The number of aliphatic hydroxyl groups excluding tert-OH is 1. The molecule has 0 aromatic carbocycles. The van der Waals surface area contributed by atoms with Gasteiger partial charge in [0.05, 0.1) is 12.4 Å². The number of nitrogens with one attached hydrogen (secondary N) is 1. The van der Waals surface area contributed by atoms with Gasteiger partial charge in [0, 0.05) is 7.11 Å². The van der Waals surface area contributed by atoms with Crippen LogP contribution in [0.5, 0.6) is 0 Å². The van der Waals surface area contributed by atoms with Gasteiger partial charge in [0.25, 0.3) is 12.0 Å². The Morgan fingerprint density at radius 2 is 2.17 bits per heavy atom. The molecular formula is C13H17N5O6. The van der Waals surface area contributed by atoms with Gasteiger partial charge in [-0.25, -0.2) is 4.98 Å². The first-order valence-corrected chi connectivity index (χ1v) is 7.39. The number of aromatic amines is 1. The average molecular weight is 339 g/mol. The average Bonchev–Trinajstić information content (AvgIpc) is 3.18. The molecule has 0 spiro atoms. The van der Waals surface area contributed by atoms with E-state index in [9.17, 15) is 9.90 Å². The number of imidazole rings is 1. The van der Waals surface area contributed by atoms with Crippen LogP contribution in [0.4, 0.5) is 5.95 Å². The van der Waals surface area contributed by atoms with Crippen molar-refractivity contribution >= 4 is 17.1 Å². The summed E-state index contributed by atoms with van der Waals surface area (Å²) in [6, 6.07) is 0. The lowest BCUT2D eigenvalue weighted by molar-refractivity contribution is -0.259. The molecule has 2 aliphatic rings. The van der Waals surface area contributed by atoms with E-state index in [4.69, 9.17) is 24.7 Å². The van der Waals surface area contributed by atoms with Crippen molar-refractivity contribution in [3.05, 3.63) is 16.7 Å². The second-order valence-corrected chi connectivity index (χ2v) is 5.73. The minimum absolute atomic E-state index is 0.0331. The molecule has 4 heterocycles. The van der Waals surface area contributed by atoms with Crippen LogP contribution < -0.4 is 11.3 Å². The van der Waals surface area contributed by atoms with Crippen LogP contribution in [0.1, 0.15) is 13.2 Å². The standard InChI is InChI=1S/C13H17N5O6/c1-4(19)6-7-8(24-13(21-2)23-7)11(22-6)18-3-15-5-9(18)16-12(14)17-10(5)20/h3-4,6-8,11,13,19H,1-2H3,(H3,14,16,17,20)/t4-,6+,7+,8+,11+,13?/m0/s1. The molecule has 11 heteroatoms. The van der Waals surface area contributed by atoms with E-state index in [0.29, 0.717) is 0 Å². The van der Waals surface area contributed by atoms with Gasteiger partial charge in [0.2, 0.25) is 5.95 Å². The second-order valence-electron chi connectivity index (χ2n) is 5.73. The lowest BCUT2D eigenvalue weighted by Crippen LogP contribution is -2.36. The molecule has 2 aliphatic heterocycles. The van der Waals surface area contributed by atoms with Crippen molar-refractivity contribution in [2.75, 3.05) is 12.8 Å². The fourth-order valence-corrected chi connectivity index (χ4v) is 3.11. The number of rotatable bonds is 3. The Hall–Kier alpha value is -2.05. The number of nitrogens with zero attached hydrogens (tertiary/aromatic N) is 3. The highest BCUT2D eigenvalue weighted by Gasteiger charge is 2.55. The lowest BCUT2D eigenvalue weighted by Gasteiger charge is -2.21. The quantitative estimate of drug-likeness (QED) is 0.620. The highest BCUT2D eigenvalue weighted by atomic mass is 16.9. The van der Waals surface area contributed by atoms with Gasteiger partial charge in [-0.15, -0.1) is 0 Å². The molecule has 130 valence electrons. The zero-order chi connectivity index (χ0) is 17.0. The maximum atomic E-state index is 11.9. The third kappa shape index (κ3) is 2.21. The van der Waals surface area contributed by atoms with E-state index in [-0.39, 0.29) is 17.1 Å². The van der Waals surface area contributed by atoms with Crippen LogP contribution in [-0.2, 0) is 18.9 Å². The molecule has 2 aromatic rings. The van der Waals surface area contributed by atoms with E-state index in [1.54, 1.807) is 11.5 Å². The molecule has 0 saturated carbocycles. The van der Waals surface area contributed by atoms with Crippen LogP contribution in [0, 0.1) is 0 Å². The third-order valence-electron chi connectivity index (χ3n) is 4.15. The zero-order valence-corrected chi connectivity index (χ0v) is 12.9. The van der Waals surface area contributed by atoms with E-state index < -0.39 is 42.7 Å². The monoisotopic (exact) mass is 339 g/mol. The number of anilines is 1. The Balaban J connectivity index is 1.77. The van der Waals surface area contributed by atoms with Crippen LogP contribution in [0.3, 0.4) is 0 Å². The Morgan fingerprint density at radius 3 is 2.88 bits per heavy atom. The van der Waals surface area contributed by atoms with Crippen LogP contribution in [0.25, 0.3) is 11.2 Å². The Labute approximate surface area is 135 Å². The van der Waals surface area contributed by atoms with E-state index in [2.05, 4.69) is 15.0 Å². The van der Waals surface area contributed by atoms with Crippen LogP contribution in [-0.4, -0.2) is 62.6 Å². The van der Waals surface area contributed by atoms with Crippen molar-refractivity contribution in [3.8, 4) is 0 Å². The van der Waals surface area contributed by atoms with Gasteiger partial charge >= 0.3 is 0 Å². The molecule has 2 saturated heterocycles. The summed E-state index contributed by atoms with van der Waals surface area (Å²) in [7, 11) is 1.45. The maximum Gasteiger partial charge on any atom is 0.280 e. The van der Waals surface area contributed by atoms with E-state index in [1.165, 1.54) is 13.4 Å². The van der Waals surface area contributed by atoms with Crippen LogP contribution in [0.15, 0.2) is 11.1 Å². The van der Waals surface area contributed by atoms with Crippen LogP contribution in [0.2, 0.25) is 0 Å². The van der Waals surface area contributed by atoms with Crippen LogP contribution >= 0.6 is 0 Å². The summed E-state index contributed by atoms with van der Waals surface area (Å²) >= 11 is 0. The Kier molecular flexibility index (Phi) is 3.54. The first-order valence-electron chi connectivity index (χ1n) is 7.39. The molecule has 6 atom stereocenters. The number of methoxy groups -OCH3 is 1. The molecule has 24 heavy (non-hydrogen) atoms. The maximum absolute atomic E-state index is 11.9. The van der Waals surface area contributed by atoms with Crippen molar-refractivity contribution in [3.63, 3.8) is 0 Å². The predicted octanol–water partition coefficient (Wildman–Crippen LogP) is -1.31. The minimum Gasteiger partial charge on any atom is -0.391 e. The highest BCUT2D eigenvalue weighted by Crippen LogP contribution is 2.41. The third-order valence-corrected chi connectivity index (χ3v) is 4.15. The normalized spacial score (nSPS) is 33.9. The van der Waals surface area contributed by atoms with E-state index >= 15 is 0 Å². The second kappa shape index (κ2) is 5.50. The molecule has 0 bridgehead atoms. The SMILES string of the molecule is COC1O[C@H]2[C@@H](O1)[C@H](n1cnc3c(=O)[nH]c(N)nc31)O[C@@H]2[C@H](C)O. The zero-order valence-electron chi connectivity index (χ0n) is 12.9. The van der Waals surface area contributed by atoms with Gasteiger partial charge in [0.1, 0.15) is 18.3 Å². The summed E-state index contributed by atoms with van der Waals surface area (Å²) in [6.07, 6.45) is -1.79. The molecule has 0 radical (unpaired) electrons. The van der Waals surface area contributed by atoms with Gasteiger partial charge < -0.3 is 29.8 Å². The molecule has 2 fully saturated rings. The number of hydrogen-bond acceptors (Lipinski definition) is 9. The molecular weight excluding hydrogens is 322 g/mol. The van der Waals surface area contributed by atoms with Crippen molar-refractivity contribution in [1.29, 1.82) is 0 Å². The summed E-state index contributed by atoms with van der Waals surface area (Å²) in [5.41, 5.74) is 5.56. The summed E-state index contributed by atoms with van der Waals surface area (Å²) in [4.78, 5) is 22.5. The molecule has 0 aliphatic carbocycles. The summed E-state index contributed by atoms with van der Waals surface area (Å²) in [6.45, 7) is 0.740. The molecule has 4 N–H and O–H groups in total. The van der Waals surface area contributed by atoms with E-state index in [0.717, 1.165) is 0 Å². The first kappa shape index (κ1) is 15.5. The topological polar surface area (TPSA) is 147 Å². The van der Waals surface area contributed by atoms with Crippen molar-refractivity contribution in [2.45, 2.75) is 44.0 Å². The minimum atomic E-state index is -0.858. The van der Waals surface area contributed by atoms with Gasteiger partial charge in [-0.3, -0.25) is 14.3 Å². The first-order chi connectivity index (χ1) is 11.5. The van der Waals surface area contributed by atoms with Gasteiger partial charge in [-0.1, -0.05) is 0 Å². The summed E-state index contributed by atoms with van der Waals surface area (Å²) < 4.78 is 23.8. The molecule has 11 nitrogen and oxygen atoms in total. The molecule has 2 aromatic heterocycles. The largest absolute Gasteiger partial charge is 0.391 e. The summed E-state index contributed by atoms with van der Waals surface area (Å²) in [5, 5.41) is 9.96. The number of nitrogen functional groups attached to an aromatic ring is 1. The highest BCUT2D eigenvalue weighted by molar-refractivity contribution is 5.70. The van der Waals surface area contributed by atoms with Gasteiger partial charge in [0.15, 0.2) is 17.4 Å². The number of ether oxygens (including phenoxy) is 4. The number of H-pyrrole nitrogens is 1. The van der Waals surface area contributed by atoms with Crippen molar-refractivity contribution in [1.82, 2.24) is 19.5 Å².